The highest BCUT2D eigenvalue weighted by atomic mass is 14.4. The summed E-state index contributed by atoms with van der Waals surface area (Å²) in [6.45, 7) is 9.70. The first-order chi connectivity index (χ1) is 26.3. The molecular weight excluding hydrogens is 649 g/mol. The first-order valence-corrected chi connectivity index (χ1v) is 19.3. The summed E-state index contributed by atoms with van der Waals surface area (Å²) in [6, 6.07) is 60.1. The Kier molecular flexibility index (Phi) is 5.74. The van der Waals surface area contributed by atoms with Crippen LogP contribution in [0, 0.1) is 0 Å². The van der Waals surface area contributed by atoms with Gasteiger partial charge in [-0.15, -0.1) is 0 Å². The van der Waals surface area contributed by atoms with Crippen LogP contribution in [0.1, 0.15) is 49.9 Å². The largest absolute Gasteiger partial charge is 0.0616 e. The van der Waals surface area contributed by atoms with Crippen LogP contribution in [0.25, 0.3) is 98.4 Å². The van der Waals surface area contributed by atoms with E-state index in [1.807, 2.05) is 0 Å². The monoisotopic (exact) mass is 686 g/mol. The van der Waals surface area contributed by atoms with E-state index in [4.69, 9.17) is 0 Å². The number of rotatable bonds is 2. The van der Waals surface area contributed by atoms with Crippen LogP contribution < -0.4 is 0 Å². The zero-order chi connectivity index (χ0) is 36.1. The van der Waals surface area contributed by atoms with Crippen LogP contribution in [0.3, 0.4) is 0 Å². The number of hydrogen-bond donors (Lipinski definition) is 0. The van der Waals surface area contributed by atoms with E-state index in [2.05, 4.69) is 185 Å². The lowest BCUT2D eigenvalue weighted by Gasteiger charge is -2.24. The van der Waals surface area contributed by atoms with Crippen molar-refractivity contribution >= 4 is 53.9 Å². The van der Waals surface area contributed by atoms with Gasteiger partial charge in [0.1, 0.15) is 0 Å². The molecule has 0 N–H and O–H groups in total. The van der Waals surface area contributed by atoms with Gasteiger partial charge in [0, 0.05) is 10.8 Å². The first kappa shape index (κ1) is 30.2. The summed E-state index contributed by atoms with van der Waals surface area (Å²) < 4.78 is 0. The second-order valence-electron chi connectivity index (χ2n) is 16.9. The maximum Gasteiger partial charge on any atom is 0.0159 e. The summed E-state index contributed by atoms with van der Waals surface area (Å²) in [6.07, 6.45) is 0. The molecule has 10 aromatic rings. The standard InChI is InChI=1S/C54H38/c1-53(2)46-27-36(38-22-18-33-17-16-31-12-9-13-32-19-25-43(38)52(33)50(31)32)20-23-41(46)44-29-49-45(30-48(44)53)42-24-21-37(28-47(42)54(49,3)4)51-39-14-7-5-10-34(39)26-35-11-6-8-15-40(35)51/h5-30H,1-4H3. The molecule has 0 heteroatoms. The van der Waals surface area contributed by atoms with Crippen molar-refractivity contribution in [2.45, 2.75) is 38.5 Å². The minimum absolute atomic E-state index is 0.131. The van der Waals surface area contributed by atoms with Crippen molar-refractivity contribution in [3.8, 4) is 44.5 Å². The minimum Gasteiger partial charge on any atom is -0.0616 e. The first-order valence-electron chi connectivity index (χ1n) is 19.3. The van der Waals surface area contributed by atoms with E-state index in [0.717, 1.165) is 0 Å². The van der Waals surface area contributed by atoms with Crippen molar-refractivity contribution in [3.05, 3.63) is 180 Å². The molecule has 254 valence electrons. The predicted octanol–water partition coefficient (Wildman–Crippen LogP) is 14.8. The van der Waals surface area contributed by atoms with Crippen LogP contribution in [0.5, 0.6) is 0 Å². The van der Waals surface area contributed by atoms with Crippen molar-refractivity contribution in [3.63, 3.8) is 0 Å². The second-order valence-corrected chi connectivity index (χ2v) is 16.9. The molecule has 0 aromatic heterocycles. The fourth-order valence-electron chi connectivity index (χ4n) is 10.6. The van der Waals surface area contributed by atoms with Crippen LogP contribution in [-0.2, 0) is 10.8 Å². The molecule has 0 heterocycles. The van der Waals surface area contributed by atoms with Gasteiger partial charge in [-0.25, -0.2) is 0 Å². The van der Waals surface area contributed by atoms with Crippen LogP contribution in [0.4, 0.5) is 0 Å². The summed E-state index contributed by atoms with van der Waals surface area (Å²) in [7, 11) is 0. The van der Waals surface area contributed by atoms with Crippen LogP contribution in [0.2, 0.25) is 0 Å². The molecule has 0 atom stereocenters. The number of hydrogen-bond acceptors (Lipinski definition) is 0. The quantitative estimate of drug-likeness (QED) is 0.125. The van der Waals surface area contributed by atoms with Crippen LogP contribution in [-0.4, -0.2) is 0 Å². The molecule has 0 saturated carbocycles. The smallest absolute Gasteiger partial charge is 0.0159 e. The van der Waals surface area contributed by atoms with Gasteiger partial charge in [-0.1, -0.05) is 155 Å². The Morgan fingerprint density at radius 2 is 0.759 bits per heavy atom. The van der Waals surface area contributed by atoms with Gasteiger partial charge in [0.05, 0.1) is 0 Å². The molecule has 0 bridgehead atoms. The second kappa shape index (κ2) is 10.2. The Balaban J connectivity index is 0.999. The SMILES string of the molecule is CC1(C)c2cc(-c3c4ccccc4cc4ccccc34)ccc2-c2cc3c(cc21)-c1ccc(-c2ccc4ccc5cccc6ccc2c4c56)cc1C3(C)C. The molecule has 0 spiro atoms. The number of fused-ring (bicyclic) bond motifs is 8. The van der Waals surface area contributed by atoms with E-state index >= 15 is 0 Å². The molecule has 2 aliphatic rings. The van der Waals surface area contributed by atoms with E-state index in [0.29, 0.717) is 0 Å². The minimum atomic E-state index is -0.134. The fourth-order valence-corrected chi connectivity index (χ4v) is 10.6. The Labute approximate surface area is 315 Å². The Morgan fingerprint density at radius 1 is 0.296 bits per heavy atom. The van der Waals surface area contributed by atoms with E-state index in [1.54, 1.807) is 0 Å². The summed E-state index contributed by atoms with van der Waals surface area (Å²) >= 11 is 0. The zero-order valence-electron chi connectivity index (χ0n) is 31.0. The lowest BCUT2D eigenvalue weighted by atomic mass is 9.78. The average Bonchev–Trinajstić information content (AvgIpc) is 3.56. The molecule has 0 unspecified atom stereocenters. The Hall–Kier alpha value is -6.24. The van der Waals surface area contributed by atoms with E-state index in [-0.39, 0.29) is 10.8 Å². The third-order valence-corrected chi connectivity index (χ3v) is 13.4. The van der Waals surface area contributed by atoms with Crippen molar-refractivity contribution < 1.29 is 0 Å². The summed E-state index contributed by atoms with van der Waals surface area (Å²) in [5, 5.41) is 13.2. The summed E-state index contributed by atoms with van der Waals surface area (Å²) in [5.74, 6) is 0. The maximum absolute atomic E-state index is 2.54. The Morgan fingerprint density at radius 3 is 1.39 bits per heavy atom. The van der Waals surface area contributed by atoms with E-state index < -0.39 is 0 Å². The molecule has 0 radical (unpaired) electrons. The molecule has 12 rings (SSSR count). The highest BCUT2D eigenvalue weighted by Gasteiger charge is 2.42. The van der Waals surface area contributed by atoms with Gasteiger partial charge in [0.2, 0.25) is 0 Å². The Bertz CT molecular complexity index is 3190. The van der Waals surface area contributed by atoms with Crippen molar-refractivity contribution in [1.82, 2.24) is 0 Å². The van der Waals surface area contributed by atoms with Gasteiger partial charge in [0.25, 0.3) is 0 Å². The molecule has 0 nitrogen and oxygen atoms in total. The van der Waals surface area contributed by atoms with Gasteiger partial charge >= 0.3 is 0 Å². The zero-order valence-corrected chi connectivity index (χ0v) is 31.0. The molecule has 54 heavy (non-hydrogen) atoms. The predicted molar refractivity (Wildman–Crippen MR) is 231 cm³/mol. The lowest BCUT2D eigenvalue weighted by molar-refractivity contribution is 0.652. The highest BCUT2D eigenvalue weighted by Crippen LogP contribution is 2.57. The molecule has 0 amide bonds. The van der Waals surface area contributed by atoms with Gasteiger partial charge < -0.3 is 0 Å². The highest BCUT2D eigenvalue weighted by molar-refractivity contribution is 6.25. The maximum atomic E-state index is 2.54. The fraction of sp³-hybridized carbons (Fsp3) is 0.111. The normalized spacial score (nSPS) is 15.0. The van der Waals surface area contributed by atoms with Gasteiger partial charge in [0.15, 0.2) is 0 Å². The summed E-state index contributed by atoms with van der Waals surface area (Å²) in [4.78, 5) is 0. The number of benzene rings is 10. The molecule has 0 fully saturated rings. The average molecular weight is 687 g/mol. The third kappa shape index (κ3) is 3.83. The van der Waals surface area contributed by atoms with E-state index in [1.165, 1.54) is 121 Å². The van der Waals surface area contributed by atoms with Crippen molar-refractivity contribution in [1.29, 1.82) is 0 Å². The third-order valence-electron chi connectivity index (χ3n) is 13.4. The van der Waals surface area contributed by atoms with Crippen LogP contribution >= 0.6 is 0 Å². The summed E-state index contributed by atoms with van der Waals surface area (Å²) in [5.41, 5.74) is 16.1. The molecule has 2 aliphatic carbocycles. The lowest BCUT2D eigenvalue weighted by Crippen LogP contribution is -2.17. The van der Waals surface area contributed by atoms with Crippen LogP contribution in [0.15, 0.2) is 158 Å². The molecular formula is C54H38. The van der Waals surface area contributed by atoms with Crippen molar-refractivity contribution in [2.24, 2.45) is 0 Å². The van der Waals surface area contributed by atoms with Crippen molar-refractivity contribution in [2.75, 3.05) is 0 Å². The van der Waals surface area contributed by atoms with Gasteiger partial charge in [-0.05, 0) is 151 Å². The topological polar surface area (TPSA) is 0 Å². The molecule has 10 aromatic carbocycles. The van der Waals surface area contributed by atoms with Gasteiger partial charge in [-0.2, -0.15) is 0 Å². The molecule has 0 saturated heterocycles. The van der Waals surface area contributed by atoms with E-state index in [9.17, 15) is 0 Å². The molecule has 0 aliphatic heterocycles. The van der Waals surface area contributed by atoms with Gasteiger partial charge in [-0.3, -0.25) is 0 Å².